The van der Waals surface area contributed by atoms with Crippen molar-refractivity contribution in [3.63, 3.8) is 0 Å². The van der Waals surface area contributed by atoms with Gasteiger partial charge in [0.15, 0.2) is 0 Å². The largest absolute Gasteiger partial charge is 1.00 e. The molecule has 6 heavy (non-hydrogen) atoms. The minimum absolute atomic E-state index is 0. The van der Waals surface area contributed by atoms with Crippen LogP contribution in [0.4, 0.5) is 4.79 Å². The van der Waals surface area contributed by atoms with Crippen molar-refractivity contribution in [2.24, 2.45) is 5.90 Å². The molecule has 0 heterocycles. The summed E-state index contributed by atoms with van der Waals surface area (Å²) in [7, 11) is 0. The fourth-order valence-electron chi connectivity index (χ4n) is 0. The van der Waals surface area contributed by atoms with E-state index in [2.05, 4.69) is 10.7 Å². The number of rotatable bonds is 0. The van der Waals surface area contributed by atoms with E-state index in [1.807, 2.05) is 0 Å². The zero-order valence-electron chi connectivity index (χ0n) is 3.30. The van der Waals surface area contributed by atoms with Gasteiger partial charge in [0.05, 0.1) is 0 Å². The molecule has 0 aromatic heterocycles. The Labute approximate surface area is 93.4 Å². The molecule has 0 spiro atoms. The maximum Gasteiger partial charge on any atom is 1.00 e. The Morgan fingerprint density at radius 1 is 1.83 bits per heavy atom. The molecule has 0 radical (unpaired) electrons. The molecule has 0 rings (SSSR count). The molecule has 0 amide bonds. The standard InChI is InChI=1S/CH3NO3.Cs/c2-5-1(3)4;/h2H2,(H,3,4);/q;+1/p-1. The Hall–Kier alpha value is 1.28. The summed E-state index contributed by atoms with van der Waals surface area (Å²) in [6, 6.07) is 0. The summed E-state index contributed by atoms with van der Waals surface area (Å²) in [5.74, 6) is 4.01. The normalized spacial score (nSPS) is 5.50. The van der Waals surface area contributed by atoms with E-state index in [9.17, 15) is 0 Å². The van der Waals surface area contributed by atoms with Crippen molar-refractivity contribution in [2.75, 3.05) is 0 Å². The van der Waals surface area contributed by atoms with Crippen LogP contribution in [0.5, 0.6) is 0 Å². The van der Waals surface area contributed by atoms with E-state index in [4.69, 9.17) is 9.90 Å². The molecule has 0 aliphatic carbocycles. The zero-order valence-corrected chi connectivity index (χ0v) is 9.58. The van der Waals surface area contributed by atoms with Crippen LogP contribution in [0.3, 0.4) is 0 Å². The van der Waals surface area contributed by atoms with E-state index in [1.165, 1.54) is 0 Å². The van der Waals surface area contributed by atoms with Gasteiger partial charge in [-0.05, 0) is 0 Å². The van der Waals surface area contributed by atoms with E-state index in [0.29, 0.717) is 0 Å². The van der Waals surface area contributed by atoms with Crippen molar-refractivity contribution in [2.45, 2.75) is 0 Å². The summed E-state index contributed by atoms with van der Waals surface area (Å²) < 4.78 is 0. The van der Waals surface area contributed by atoms with Gasteiger partial charge < -0.3 is 14.7 Å². The summed E-state index contributed by atoms with van der Waals surface area (Å²) in [4.78, 5) is 12.0. The molecule has 0 aromatic carbocycles. The topological polar surface area (TPSA) is 75.4 Å². The zero-order chi connectivity index (χ0) is 4.28. The first kappa shape index (κ1) is 10.3. The Morgan fingerprint density at radius 2 is 2.00 bits per heavy atom. The summed E-state index contributed by atoms with van der Waals surface area (Å²) in [5.41, 5.74) is 0. The summed E-state index contributed by atoms with van der Waals surface area (Å²) in [6.45, 7) is 0. The number of hydrogen-bond acceptors (Lipinski definition) is 4. The van der Waals surface area contributed by atoms with Gasteiger partial charge in [0, 0.05) is 0 Å². The van der Waals surface area contributed by atoms with E-state index >= 15 is 0 Å². The van der Waals surface area contributed by atoms with E-state index < -0.39 is 6.16 Å². The third kappa shape index (κ3) is 8.99. The molecule has 0 aliphatic rings. The van der Waals surface area contributed by atoms with Crippen LogP contribution >= 0.6 is 0 Å². The van der Waals surface area contributed by atoms with E-state index in [0.717, 1.165) is 0 Å². The van der Waals surface area contributed by atoms with Gasteiger partial charge in [-0.3, -0.25) is 0 Å². The van der Waals surface area contributed by atoms with Gasteiger partial charge in [-0.1, -0.05) is 0 Å². The van der Waals surface area contributed by atoms with Crippen molar-refractivity contribution >= 4 is 6.16 Å². The monoisotopic (exact) mass is 209 g/mol. The van der Waals surface area contributed by atoms with Gasteiger partial charge in [0.25, 0.3) is 6.16 Å². The summed E-state index contributed by atoms with van der Waals surface area (Å²) in [5, 5.41) is 8.91. The quantitative estimate of drug-likeness (QED) is 0.406. The molecule has 5 heteroatoms. The number of hydrogen-bond donors (Lipinski definition) is 1. The van der Waals surface area contributed by atoms with Crippen molar-refractivity contribution < 1.29 is 83.6 Å². The Balaban J connectivity index is 0. The SMILES string of the molecule is NOC(=O)[O-].[Cs+]. The van der Waals surface area contributed by atoms with Gasteiger partial charge in [-0.2, -0.15) is 0 Å². The van der Waals surface area contributed by atoms with Crippen LogP contribution in [-0.2, 0) is 4.84 Å². The molecule has 0 saturated heterocycles. The summed E-state index contributed by atoms with van der Waals surface area (Å²) in [6.07, 6.45) is -1.72. The van der Waals surface area contributed by atoms with Gasteiger partial charge in [0.2, 0.25) is 0 Å². The first-order valence-corrected chi connectivity index (χ1v) is 0.848. The molecule has 2 N–H and O–H groups in total. The first-order chi connectivity index (χ1) is 2.27. The molecular weight excluding hydrogens is 207 g/mol. The molecule has 0 bridgehead atoms. The average molecular weight is 209 g/mol. The molecule has 0 aromatic rings. The van der Waals surface area contributed by atoms with E-state index in [1.54, 1.807) is 0 Å². The number of carbonyl (C=O) groups excluding carboxylic acids is 1. The first-order valence-electron chi connectivity index (χ1n) is 0.848. The van der Waals surface area contributed by atoms with Crippen LogP contribution in [0.2, 0.25) is 0 Å². The van der Waals surface area contributed by atoms with Crippen molar-refractivity contribution in [1.29, 1.82) is 0 Å². The predicted octanol–water partition coefficient (Wildman–Crippen LogP) is -4.78. The maximum absolute atomic E-state index is 8.91. The van der Waals surface area contributed by atoms with Crippen molar-refractivity contribution in [3.8, 4) is 0 Å². The van der Waals surface area contributed by atoms with Crippen LogP contribution in [0.15, 0.2) is 0 Å². The molecule has 0 saturated carbocycles. The molecule has 4 nitrogen and oxygen atoms in total. The molecule has 0 fully saturated rings. The van der Waals surface area contributed by atoms with Crippen LogP contribution in [-0.4, -0.2) is 6.16 Å². The predicted molar refractivity (Wildman–Crippen MR) is 10.7 cm³/mol. The van der Waals surface area contributed by atoms with Gasteiger partial charge in [-0.25, -0.2) is 5.90 Å². The second-order valence-electron chi connectivity index (χ2n) is 0.368. The van der Waals surface area contributed by atoms with Crippen LogP contribution < -0.4 is 79.9 Å². The fourth-order valence-corrected chi connectivity index (χ4v) is 0. The van der Waals surface area contributed by atoms with Crippen LogP contribution in [0, 0.1) is 0 Å². The van der Waals surface area contributed by atoms with Gasteiger partial charge in [-0.15, -0.1) is 0 Å². The Bertz CT molecular complexity index is 46.1. The smallest absolute Gasteiger partial charge is 0.472 e. The van der Waals surface area contributed by atoms with Gasteiger partial charge in [0.1, 0.15) is 0 Å². The summed E-state index contributed by atoms with van der Waals surface area (Å²) >= 11 is 0. The third-order valence-corrected chi connectivity index (χ3v) is 0.0962. The third-order valence-electron chi connectivity index (χ3n) is 0.0962. The fraction of sp³-hybridized carbons (Fsp3) is 0. The van der Waals surface area contributed by atoms with Crippen LogP contribution in [0.25, 0.3) is 0 Å². The molecule has 0 aliphatic heterocycles. The van der Waals surface area contributed by atoms with Gasteiger partial charge >= 0.3 is 68.9 Å². The second-order valence-corrected chi connectivity index (χ2v) is 0.368. The molecular formula is CH2CsNO3. The minimum Gasteiger partial charge on any atom is -0.472 e. The van der Waals surface area contributed by atoms with Crippen molar-refractivity contribution in [3.05, 3.63) is 0 Å². The molecule has 0 atom stereocenters. The minimum atomic E-state index is -1.72. The number of carboxylic acid groups (broad SMARTS) is 1. The van der Waals surface area contributed by atoms with Crippen molar-refractivity contribution in [1.82, 2.24) is 0 Å². The number of nitrogens with two attached hydrogens (primary N) is 1. The molecule has 30 valence electrons. The second kappa shape index (κ2) is 6.28. The van der Waals surface area contributed by atoms with E-state index in [-0.39, 0.29) is 68.9 Å². The Kier molecular flexibility index (Phi) is 10.8. The van der Waals surface area contributed by atoms with Crippen LogP contribution in [0.1, 0.15) is 0 Å². The Morgan fingerprint density at radius 3 is 2.00 bits per heavy atom. The molecule has 0 unspecified atom stereocenters. The number of carbonyl (C=O) groups is 1. The average Bonchev–Trinajstić information content (AvgIpc) is 1.38. The maximum atomic E-state index is 8.91.